The zero-order valence-electron chi connectivity index (χ0n) is 16.5. The Balaban J connectivity index is 1.56. The maximum atomic E-state index is 6.13. The van der Waals surface area contributed by atoms with Crippen LogP contribution in [0, 0.1) is 17.8 Å². The molecule has 24 heavy (non-hydrogen) atoms. The first-order valence-electron chi connectivity index (χ1n) is 11.1. The molecule has 2 saturated carbocycles. The fourth-order valence-electron chi connectivity index (χ4n) is 4.77. The van der Waals surface area contributed by atoms with Gasteiger partial charge in [-0.3, -0.25) is 0 Å². The fourth-order valence-corrected chi connectivity index (χ4v) is 4.77. The molecule has 0 aromatic rings. The van der Waals surface area contributed by atoms with E-state index in [1.165, 1.54) is 89.9 Å². The van der Waals surface area contributed by atoms with E-state index in [0.717, 1.165) is 24.4 Å². The number of hydrogen-bond donors (Lipinski definition) is 0. The number of unbranched alkanes of at least 4 members (excludes halogenated alkanes) is 4. The van der Waals surface area contributed by atoms with Gasteiger partial charge in [0, 0.05) is 6.61 Å². The van der Waals surface area contributed by atoms with E-state index in [-0.39, 0.29) is 0 Å². The van der Waals surface area contributed by atoms with Gasteiger partial charge in [-0.15, -0.1) is 0 Å². The highest BCUT2D eigenvalue weighted by Crippen LogP contribution is 2.40. The third kappa shape index (κ3) is 7.30. The third-order valence-corrected chi connectivity index (χ3v) is 6.42. The molecule has 0 bridgehead atoms. The molecule has 0 amide bonds. The number of ether oxygens (including phenoxy) is 1. The fraction of sp³-hybridized carbons (Fsp3) is 0.913. The third-order valence-electron chi connectivity index (χ3n) is 6.42. The van der Waals surface area contributed by atoms with Crippen LogP contribution in [-0.2, 0) is 4.74 Å². The van der Waals surface area contributed by atoms with E-state index in [9.17, 15) is 0 Å². The molecular weight excluding hydrogens is 292 g/mol. The summed E-state index contributed by atoms with van der Waals surface area (Å²) in [5.74, 6) is 2.91. The monoisotopic (exact) mass is 334 g/mol. The lowest BCUT2D eigenvalue weighted by Gasteiger charge is -2.37. The van der Waals surface area contributed by atoms with E-state index >= 15 is 0 Å². The van der Waals surface area contributed by atoms with Crippen LogP contribution in [0.2, 0.25) is 0 Å². The zero-order valence-corrected chi connectivity index (χ0v) is 16.5. The van der Waals surface area contributed by atoms with Gasteiger partial charge in [-0.25, -0.2) is 0 Å². The number of allylic oxidation sites excluding steroid dienone is 2. The maximum Gasteiger partial charge on any atom is 0.0575 e. The van der Waals surface area contributed by atoms with Gasteiger partial charge in [0.15, 0.2) is 0 Å². The SMILES string of the molecule is CCCC=CC1CCC(C2CCC(OCCCCCC)CC2)CC1. The van der Waals surface area contributed by atoms with Crippen LogP contribution < -0.4 is 0 Å². The second-order valence-corrected chi connectivity index (χ2v) is 8.36. The average molecular weight is 335 g/mol. The van der Waals surface area contributed by atoms with Crippen LogP contribution in [0.15, 0.2) is 12.2 Å². The molecule has 0 spiro atoms. The van der Waals surface area contributed by atoms with Gasteiger partial charge in [0.2, 0.25) is 0 Å². The van der Waals surface area contributed by atoms with Gasteiger partial charge in [-0.1, -0.05) is 51.7 Å². The second kappa shape index (κ2) is 12.1. The molecule has 2 fully saturated rings. The molecule has 0 atom stereocenters. The first-order chi connectivity index (χ1) is 11.8. The second-order valence-electron chi connectivity index (χ2n) is 8.36. The van der Waals surface area contributed by atoms with Gasteiger partial charge < -0.3 is 4.74 Å². The number of rotatable bonds is 10. The van der Waals surface area contributed by atoms with Crippen molar-refractivity contribution in [3.8, 4) is 0 Å². The Morgan fingerprint density at radius 3 is 2.04 bits per heavy atom. The van der Waals surface area contributed by atoms with Crippen LogP contribution >= 0.6 is 0 Å². The molecule has 1 heteroatoms. The van der Waals surface area contributed by atoms with Crippen molar-refractivity contribution in [1.82, 2.24) is 0 Å². The lowest BCUT2D eigenvalue weighted by molar-refractivity contribution is 0.00597. The molecule has 0 unspecified atom stereocenters. The van der Waals surface area contributed by atoms with E-state index in [2.05, 4.69) is 26.0 Å². The average Bonchev–Trinajstić information content (AvgIpc) is 2.63. The van der Waals surface area contributed by atoms with Crippen molar-refractivity contribution in [2.24, 2.45) is 17.8 Å². The quantitative estimate of drug-likeness (QED) is 0.301. The van der Waals surface area contributed by atoms with Crippen LogP contribution in [0.4, 0.5) is 0 Å². The Kier molecular flexibility index (Phi) is 10.1. The van der Waals surface area contributed by atoms with E-state index in [1.54, 1.807) is 0 Å². The lowest BCUT2D eigenvalue weighted by Crippen LogP contribution is -2.28. The maximum absolute atomic E-state index is 6.13. The highest BCUT2D eigenvalue weighted by atomic mass is 16.5. The van der Waals surface area contributed by atoms with Crippen LogP contribution in [0.5, 0.6) is 0 Å². The van der Waals surface area contributed by atoms with E-state index in [1.807, 2.05) is 0 Å². The van der Waals surface area contributed by atoms with Crippen molar-refractivity contribution in [2.45, 2.75) is 110 Å². The molecule has 0 aromatic heterocycles. The largest absolute Gasteiger partial charge is 0.378 e. The number of hydrogen-bond acceptors (Lipinski definition) is 1. The topological polar surface area (TPSA) is 9.23 Å². The van der Waals surface area contributed by atoms with Crippen molar-refractivity contribution in [3.63, 3.8) is 0 Å². The molecule has 0 N–H and O–H groups in total. The predicted octanol–water partition coefficient (Wildman–Crippen LogP) is 7.30. The molecule has 0 aromatic carbocycles. The normalized spacial score (nSPS) is 31.6. The summed E-state index contributed by atoms with van der Waals surface area (Å²) in [5.41, 5.74) is 0. The molecule has 140 valence electrons. The standard InChI is InChI=1S/C23H42O/c1-3-5-7-9-19-24-23-17-15-22(16-18-23)21-13-11-20(12-14-21)10-8-6-4-2/h8,10,20-23H,3-7,9,11-19H2,1-2H3. The van der Waals surface area contributed by atoms with Gasteiger partial charge in [-0.05, 0) is 82.0 Å². The predicted molar refractivity (Wildman–Crippen MR) is 105 cm³/mol. The summed E-state index contributed by atoms with van der Waals surface area (Å²) in [6, 6.07) is 0. The van der Waals surface area contributed by atoms with Crippen molar-refractivity contribution in [1.29, 1.82) is 0 Å². The first kappa shape index (κ1) is 20.0. The smallest absolute Gasteiger partial charge is 0.0575 e. The van der Waals surface area contributed by atoms with Crippen LogP contribution in [0.1, 0.15) is 104 Å². The Morgan fingerprint density at radius 1 is 0.750 bits per heavy atom. The van der Waals surface area contributed by atoms with Gasteiger partial charge in [-0.2, -0.15) is 0 Å². The van der Waals surface area contributed by atoms with Gasteiger partial charge >= 0.3 is 0 Å². The first-order valence-corrected chi connectivity index (χ1v) is 11.1. The van der Waals surface area contributed by atoms with Crippen LogP contribution in [-0.4, -0.2) is 12.7 Å². The Morgan fingerprint density at radius 2 is 1.42 bits per heavy atom. The molecule has 0 heterocycles. The van der Waals surface area contributed by atoms with Crippen LogP contribution in [0.3, 0.4) is 0 Å². The molecule has 0 radical (unpaired) electrons. The lowest BCUT2D eigenvalue weighted by atomic mass is 9.70. The Hall–Kier alpha value is -0.300. The molecule has 1 nitrogen and oxygen atoms in total. The molecule has 2 rings (SSSR count). The summed E-state index contributed by atoms with van der Waals surface area (Å²) in [7, 11) is 0. The minimum Gasteiger partial charge on any atom is -0.378 e. The van der Waals surface area contributed by atoms with Gasteiger partial charge in [0.1, 0.15) is 0 Å². The van der Waals surface area contributed by atoms with Crippen LogP contribution in [0.25, 0.3) is 0 Å². The highest BCUT2D eigenvalue weighted by molar-refractivity contribution is 4.92. The summed E-state index contributed by atoms with van der Waals surface area (Å²) < 4.78 is 6.13. The van der Waals surface area contributed by atoms with Crippen molar-refractivity contribution < 1.29 is 4.74 Å². The Labute approximate surface area is 151 Å². The van der Waals surface area contributed by atoms with E-state index in [4.69, 9.17) is 4.74 Å². The summed E-state index contributed by atoms with van der Waals surface area (Å²) in [5, 5.41) is 0. The molecule has 0 aliphatic heterocycles. The molecule has 2 aliphatic rings. The van der Waals surface area contributed by atoms with E-state index < -0.39 is 0 Å². The summed E-state index contributed by atoms with van der Waals surface area (Å²) in [6.07, 6.45) is 24.7. The summed E-state index contributed by atoms with van der Waals surface area (Å²) in [4.78, 5) is 0. The van der Waals surface area contributed by atoms with E-state index in [0.29, 0.717) is 6.10 Å². The van der Waals surface area contributed by atoms with Gasteiger partial charge in [0.25, 0.3) is 0 Å². The van der Waals surface area contributed by atoms with Crippen molar-refractivity contribution >= 4 is 0 Å². The van der Waals surface area contributed by atoms with Crippen molar-refractivity contribution in [2.75, 3.05) is 6.61 Å². The molecule has 0 saturated heterocycles. The summed E-state index contributed by atoms with van der Waals surface area (Å²) in [6.45, 7) is 5.55. The van der Waals surface area contributed by atoms with Crippen molar-refractivity contribution in [3.05, 3.63) is 12.2 Å². The molecule has 2 aliphatic carbocycles. The zero-order chi connectivity index (χ0) is 17.0. The minimum atomic E-state index is 0.580. The summed E-state index contributed by atoms with van der Waals surface area (Å²) >= 11 is 0. The van der Waals surface area contributed by atoms with Gasteiger partial charge in [0.05, 0.1) is 6.10 Å². The molecular formula is C23H42O. The highest BCUT2D eigenvalue weighted by Gasteiger charge is 2.30. The Bertz CT molecular complexity index is 319. The minimum absolute atomic E-state index is 0.580.